The topological polar surface area (TPSA) is 85.1 Å². The van der Waals surface area contributed by atoms with E-state index >= 15 is 0 Å². The fraction of sp³-hybridized carbons (Fsp3) is 0.188. The van der Waals surface area contributed by atoms with Gasteiger partial charge < -0.3 is 11.1 Å². The van der Waals surface area contributed by atoms with E-state index in [0.717, 1.165) is 10.4 Å². The number of hydrogen-bond acceptors (Lipinski definition) is 4. The molecule has 114 valence electrons. The van der Waals surface area contributed by atoms with Crippen molar-refractivity contribution in [3.8, 4) is 0 Å². The van der Waals surface area contributed by atoms with Gasteiger partial charge in [0.15, 0.2) is 0 Å². The number of nitrogens with zero attached hydrogens (tertiary/aromatic N) is 1. The van der Waals surface area contributed by atoms with E-state index in [0.29, 0.717) is 10.6 Å². The lowest BCUT2D eigenvalue weighted by atomic mass is 10.1. The average molecular weight is 315 g/mol. The molecule has 22 heavy (non-hydrogen) atoms. The van der Waals surface area contributed by atoms with Gasteiger partial charge in [-0.05, 0) is 29.7 Å². The number of anilines is 1. The molecule has 2 amide bonds. The number of nitrogens with one attached hydrogen (secondary N) is 1. The van der Waals surface area contributed by atoms with Crippen LogP contribution in [-0.4, -0.2) is 16.8 Å². The maximum atomic E-state index is 12.0. The lowest BCUT2D eigenvalue weighted by Gasteiger charge is -2.01. The SMILES string of the molecule is CC(C)c1cc(C(N)=O)c(NC(=O)C=Cc2cccnc2)s1. The number of thiophene rings is 1. The number of carbonyl (C=O) groups excluding carboxylic acids is 2. The van der Waals surface area contributed by atoms with E-state index in [1.54, 1.807) is 30.6 Å². The van der Waals surface area contributed by atoms with Gasteiger partial charge in [0.25, 0.3) is 5.91 Å². The Labute approximate surface area is 132 Å². The van der Waals surface area contributed by atoms with Gasteiger partial charge in [0.2, 0.25) is 5.91 Å². The Balaban J connectivity index is 2.14. The molecule has 0 aliphatic rings. The van der Waals surface area contributed by atoms with Crippen molar-refractivity contribution in [3.63, 3.8) is 0 Å². The number of amides is 2. The third kappa shape index (κ3) is 4.02. The molecule has 2 rings (SSSR count). The maximum Gasteiger partial charge on any atom is 0.251 e. The molecule has 5 nitrogen and oxygen atoms in total. The summed E-state index contributed by atoms with van der Waals surface area (Å²) < 4.78 is 0. The molecule has 0 saturated heterocycles. The van der Waals surface area contributed by atoms with E-state index < -0.39 is 5.91 Å². The van der Waals surface area contributed by atoms with Crippen molar-refractivity contribution in [2.24, 2.45) is 5.73 Å². The summed E-state index contributed by atoms with van der Waals surface area (Å²) in [4.78, 5) is 28.4. The first-order valence-electron chi connectivity index (χ1n) is 6.80. The minimum absolute atomic E-state index is 0.264. The van der Waals surface area contributed by atoms with Gasteiger partial charge >= 0.3 is 0 Å². The normalized spacial score (nSPS) is 11.0. The van der Waals surface area contributed by atoms with E-state index in [1.165, 1.54) is 17.4 Å². The minimum Gasteiger partial charge on any atom is -0.366 e. The number of pyridine rings is 1. The van der Waals surface area contributed by atoms with Crippen molar-refractivity contribution in [3.05, 3.63) is 52.7 Å². The van der Waals surface area contributed by atoms with Crippen LogP contribution in [0.1, 0.15) is 40.6 Å². The summed E-state index contributed by atoms with van der Waals surface area (Å²) in [5, 5.41) is 3.19. The highest BCUT2D eigenvalue weighted by molar-refractivity contribution is 7.16. The quantitative estimate of drug-likeness (QED) is 0.832. The van der Waals surface area contributed by atoms with Crippen LogP contribution < -0.4 is 11.1 Å². The maximum absolute atomic E-state index is 12.0. The smallest absolute Gasteiger partial charge is 0.251 e. The zero-order valence-electron chi connectivity index (χ0n) is 12.4. The standard InChI is InChI=1S/C16H17N3O2S/c1-10(2)13-8-12(15(17)21)16(22-13)19-14(20)6-5-11-4-3-7-18-9-11/h3-10H,1-2H3,(H2,17,21)(H,19,20). The molecule has 0 saturated carbocycles. The largest absolute Gasteiger partial charge is 0.366 e. The van der Waals surface area contributed by atoms with Crippen LogP contribution in [0, 0.1) is 0 Å². The van der Waals surface area contributed by atoms with Gasteiger partial charge in [-0.25, -0.2) is 0 Å². The molecular weight excluding hydrogens is 298 g/mol. The Morgan fingerprint density at radius 1 is 1.41 bits per heavy atom. The Morgan fingerprint density at radius 3 is 2.77 bits per heavy atom. The minimum atomic E-state index is -0.547. The second-order valence-electron chi connectivity index (χ2n) is 5.02. The first-order valence-corrected chi connectivity index (χ1v) is 7.61. The van der Waals surface area contributed by atoms with Crippen LogP contribution in [0.2, 0.25) is 0 Å². The van der Waals surface area contributed by atoms with Crippen LogP contribution in [0.25, 0.3) is 6.08 Å². The van der Waals surface area contributed by atoms with Crippen LogP contribution in [0.15, 0.2) is 36.7 Å². The number of nitrogens with two attached hydrogens (primary N) is 1. The van der Waals surface area contributed by atoms with Gasteiger partial charge in [0.1, 0.15) is 5.00 Å². The molecule has 0 fully saturated rings. The molecule has 2 aromatic heterocycles. The van der Waals surface area contributed by atoms with Crippen molar-refractivity contribution in [1.29, 1.82) is 0 Å². The highest BCUT2D eigenvalue weighted by Gasteiger charge is 2.16. The second-order valence-corrected chi connectivity index (χ2v) is 6.10. The lowest BCUT2D eigenvalue weighted by Crippen LogP contribution is -2.14. The predicted molar refractivity (Wildman–Crippen MR) is 88.8 cm³/mol. The first-order chi connectivity index (χ1) is 10.5. The van der Waals surface area contributed by atoms with Crippen molar-refractivity contribution >= 4 is 34.2 Å². The highest BCUT2D eigenvalue weighted by atomic mass is 32.1. The third-order valence-corrected chi connectivity index (χ3v) is 4.28. The van der Waals surface area contributed by atoms with Gasteiger partial charge in [-0.2, -0.15) is 0 Å². The zero-order valence-corrected chi connectivity index (χ0v) is 13.2. The molecule has 0 atom stereocenters. The molecule has 2 aromatic rings. The van der Waals surface area contributed by atoms with Crippen LogP contribution in [0.3, 0.4) is 0 Å². The van der Waals surface area contributed by atoms with Gasteiger partial charge in [-0.15, -0.1) is 11.3 Å². The van der Waals surface area contributed by atoms with E-state index in [4.69, 9.17) is 5.73 Å². The average Bonchev–Trinajstić information content (AvgIpc) is 2.90. The number of primary amides is 1. The predicted octanol–water partition coefficient (Wildman–Crippen LogP) is 3.02. The summed E-state index contributed by atoms with van der Waals surface area (Å²) in [5.74, 6) is -0.599. The van der Waals surface area contributed by atoms with Crippen LogP contribution in [0.5, 0.6) is 0 Å². The summed E-state index contributed by atoms with van der Waals surface area (Å²) in [7, 11) is 0. The van der Waals surface area contributed by atoms with Crippen LogP contribution in [0.4, 0.5) is 5.00 Å². The Kier molecular flexibility index (Phi) is 5.06. The molecule has 0 bridgehead atoms. The Hall–Kier alpha value is -2.47. The fourth-order valence-electron chi connectivity index (χ4n) is 1.77. The van der Waals surface area contributed by atoms with E-state index in [1.807, 2.05) is 19.9 Å². The molecule has 0 spiro atoms. The lowest BCUT2D eigenvalue weighted by molar-refractivity contribution is -0.111. The number of hydrogen-bond donors (Lipinski definition) is 2. The molecule has 0 radical (unpaired) electrons. The fourth-order valence-corrected chi connectivity index (χ4v) is 2.84. The van der Waals surface area contributed by atoms with Crippen LogP contribution >= 0.6 is 11.3 Å². The van der Waals surface area contributed by atoms with E-state index in [2.05, 4.69) is 10.3 Å². The van der Waals surface area contributed by atoms with Gasteiger partial charge in [-0.3, -0.25) is 14.6 Å². The van der Waals surface area contributed by atoms with Gasteiger partial charge in [0, 0.05) is 23.3 Å². The van der Waals surface area contributed by atoms with E-state index in [9.17, 15) is 9.59 Å². The van der Waals surface area contributed by atoms with Crippen molar-refractivity contribution in [1.82, 2.24) is 4.98 Å². The van der Waals surface area contributed by atoms with Crippen LogP contribution in [-0.2, 0) is 4.79 Å². The molecule has 0 aliphatic heterocycles. The van der Waals surface area contributed by atoms with Gasteiger partial charge in [0.05, 0.1) is 5.56 Å². The molecule has 6 heteroatoms. The summed E-state index contributed by atoms with van der Waals surface area (Å²) >= 11 is 1.37. The summed E-state index contributed by atoms with van der Waals surface area (Å²) in [6, 6.07) is 5.36. The number of aromatic nitrogens is 1. The number of rotatable bonds is 5. The second kappa shape index (κ2) is 7.00. The summed E-state index contributed by atoms with van der Waals surface area (Å²) in [6.45, 7) is 4.04. The Morgan fingerprint density at radius 2 is 2.18 bits per heavy atom. The van der Waals surface area contributed by atoms with Crippen molar-refractivity contribution in [2.45, 2.75) is 19.8 Å². The molecule has 0 unspecified atom stereocenters. The first kappa shape index (κ1) is 15.9. The monoisotopic (exact) mass is 315 g/mol. The van der Waals surface area contributed by atoms with Crippen molar-refractivity contribution < 1.29 is 9.59 Å². The highest BCUT2D eigenvalue weighted by Crippen LogP contribution is 2.32. The Bertz CT molecular complexity index is 705. The molecular formula is C16H17N3O2S. The molecule has 2 heterocycles. The van der Waals surface area contributed by atoms with Crippen molar-refractivity contribution in [2.75, 3.05) is 5.32 Å². The summed E-state index contributed by atoms with van der Waals surface area (Å²) in [6.07, 6.45) is 6.37. The molecule has 3 N–H and O–H groups in total. The number of carbonyl (C=O) groups is 2. The van der Waals surface area contributed by atoms with E-state index in [-0.39, 0.29) is 11.8 Å². The van der Waals surface area contributed by atoms with Gasteiger partial charge in [-0.1, -0.05) is 19.9 Å². The summed E-state index contributed by atoms with van der Waals surface area (Å²) in [5.41, 5.74) is 6.52. The molecule has 0 aliphatic carbocycles. The third-order valence-electron chi connectivity index (χ3n) is 2.93. The molecule has 0 aromatic carbocycles. The zero-order chi connectivity index (χ0) is 16.1.